The summed E-state index contributed by atoms with van der Waals surface area (Å²) in [5.41, 5.74) is 1.70. The van der Waals surface area contributed by atoms with Gasteiger partial charge in [0.05, 0.1) is 12.1 Å². The first-order chi connectivity index (χ1) is 6.29. The number of aryl methyl sites for hydroxylation is 1. The molecule has 2 aromatic heterocycles. The molecule has 0 fully saturated rings. The minimum atomic E-state index is 0.341. The third-order valence-electron chi connectivity index (χ3n) is 1.69. The van der Waals surface area contributed by atoms with Gasteiger partial charge in [0, 0.05) is 24.9 Å². The fraction of sp³-hybridized carbons (Fsp3) is 0.250. The molecule has 0 aliphatic heterocycles. The van der Waals surface area contributed by atoms with Gasteiger partial charge in [0.25, 0.3) is 0 Å². The van der Waals surface area contributed by atoms with Crippen LogP contribution in [0.4, 0.5) is 0 Å². The number of halogens is 1. The van der Waals surface area contributed by atoms with Gasteiger partial charge in [0.2, 0.25) is 0 Å². The molecule has 4 nitrogen and oxygen atoms in total. The summed E-state index contributed by atoms with van der Waals surface area (Å²) < 4.78 is 6.67. The first-order valence-corrected chi connectivity index (χ1v) is 4.33. The van der Waals surface area contributed by atoms with Gasteiger partial charge < -0.3 is 4.52 Å². The van der Waals surface area contributed by atoms with Crippen LogP contribution in [0, 0.1) is 0 Å². The van der Waals surface area contributed by atoms with Crippen molar-refractivity contribution in [2.45, 2.75) is 5.88 Å². The minimum absolute atomic E-state index is 0.341. The Balaban J connectivity index is 2.35. The Labute approximate surface area is 80.1 Å². The fourth-order valence-corrected chi connectivity index (χ4v) is 1.19. The Kier molecular flexibility index (Phi) is 2.06. The standard InChI is InChI=1S/C8H8ClN3O/c1-12-5-6(4-10-12)8-2-7(3-9)13-11-8/h2,4-5H,3H2,1H3. The van der Waals surface area contributed by atoms with Gasteiger partial charge in [-0.25, -0.2) is 0 Å². The summed E-state index contributed by atoms with van der Waals surface area (Å²) in [6.45, 7) is 0. The van der Waals surface area contributed by atoms with Gasteiger partial charge in [-0.3, -0.25) is 4.68 Å². The average molecular weight is 198 g/mol. The number of hydrogen-bond acceptors (Lipinski definition) is 3. The van der Waals surface area contributed by atoms with Crippen LogP contribution in [-0.4, -0.2) is 14.9 Å². The lowest BCUT2D eigenvalue weighted by atomic mass is 10.2. The van der Waals surface area contributed by atoms with Gasteiger partial charge in [0.1, 0.15) is 5.69 Å². The van der Waals surface area contributed by atoms with E-state index in [2.05, 4.69) is 10.3 Å². The van der Waals surface area contributed by atoms with E-state index >= 15 is 0 Å². The largest absolute Gasteiger partial charge is 0.359 e. The lowest BCUT2D eigenvalue weighted by molar-refractivity contribution is 0.396. The zero-order chi connectivity index (χ0) is 9.26. The summed E-state index contributed by atoms with van der Waals surface area (Å²) in [4.78, 5) is 0. The Morgan fingerprint density at radius 1 is 1.62 bits per heavy atom. The molecule has 5 heteroatoms. The van der Waals surface area contributed by atoms with Crippen LogP contribution in [0.15, 0.2) is 23.0 Å². The van der Waals surface area contributed by atoms with E-state index in [1.165, 1.54) is 0 Å². The molecule has 0 unspecified atom stereocenters. The lowest BCUT2D eigenvalue weighted by Gasteiger charge is -1.83. The summed E-state index contributed by atoms with van der Waals surface area (Å²) in [7, 11) is 1.85. The van der Waals surface area contributed by atoms with Crippen molar-refractivity contribution in [2.75, 3.05) is 0 Å². The molecule has 0 amide bonds. The maximum atomic E-state index is 5.58. The van der Waals surface area contributed by atoms with Gasteiger partial charge >= 0.3 is 0 Å². The van der Waals surface area contributed by atoms with Crippen molar-refractivity contribution in [3.63, 3.8) is 0 Å². The zero-order valence-corrected chi connectivity index (χ0v) is 7.82. The molecular weight excluding hydrogens is 190 g/mol. The van der Waals surface area contributed by atoms with E-state index in [1.54, 1.807) is 10.9 Å². The van der Waals surface area contributed by atoms with Crippen molar-refractivity contribution in [1.82, 2.24) is 14.9 Å². The second-order valence-electron chi connectivity index (χ2n) is 2.71. The number of aromatic nitrogens is 3. The predicted molar refractivity (Wildman–Crippen MR) is 48.3 cm³/mol. The highest BCUT2D eigenvalue weighted by atomic mass is 35.5. The van der Waals surface area contributed by atoms with Crippen LogP contribution < -0.4 is 0 Å². The smallest absolute Gasteiger partial charge is 0.152 e. The van der Waals surface area contributed by atoms with E-state index < -0.39 is 0 Å². The van der Waals surface area contributed by atoms with Crippen LogP contribution >= 0.6 is 11.6 Å². The fourth-order valence-electron chi connectivity index (χ4n) is 1.07. The van der Waals surface area contributed by atoms with Crippen molar-refractivity contribution >= 4 is 11.6 Å². The molecule has 0 saturated carbocycles. The number of hydrogen-bond donors (Lipinski definition) is 0. The minimum Gasteiger partial charge on any atom is -0.359 e. The summed E-state index contributed by atoms with van der Waals surface area (Å²) in [5.74, 6) is 1.01. The van der Waals surface area contributed by atoms with Crippen LogP contribution in [0.1, 0.15) is 5.76 Å². The normalized spacial score (nSPS) is 10.6. The molecule has 0 aliphatic rings. The molecule has 0 radical (unpaired) electrons. The van der Waals surface area contributed by atoms with Crippen molar-refractivity contribution < 1.29 is 4.52 Å². The van der Waals surface area contributed by atoms with E-state index in [1.807, 2.05) is 19.3 Å². The third-order valence-corrected chi connectivity index (χ3v) is 1.95. The van der Waals surface area contributed by atoms with Gasteiger partial charge in [-0.2, -0.15) is 5.10 Å². The Morgan fingerprint density at radius 3 is 3.00 bits per heavy atom. The molecular formula is C8H8ClN3O. The van der Waals surface area contributed by atoms with Crippen LogP contribution in [0.5, 0.6) is 0 Å². The maximum absolute atomic E-state index is 5.58. The molecule has 2 rings (SSSR count). The Bertz CT molecular complexity index is 407. The topological polar surface area (TPSA) is 43.9 Å². The van der Waals surface area contributed by atoms with Gasteiger partial charge in [-0.15, -0.1) is 11.6 Å². The van der Waals surface area contributed by atoms with Crippen molar-refractivity contribution in [3.8, 4) is 11.3 Å². The van der Waals surface area contributed by atoms with Gasteiger partial charge in [-0.05, 0) is 0 Å². The molecule has 0 N–H and O–H groups in total. The number of rotatable bonds is 2. The average Bonchev–Trinajstić information content (AvgIpc) is 2.71. The van der Waals surface area contributed by atoms with Crippen molar-refractivity contribution in [1.29, 1.82) is 0 Å². The van der Waals surface area contributed by atoms with E-state index in [0.717, 1.165) is 11.3 Å². The molecule has 0 bridgehead atoms. The van der Waals surface area contributed by atoms with E-state index in [0.29, 0.717) is 11.6 Å². The number of nitrogens with zero attached hydrogens (tertiary/aromatic N) is 3. The molecule has 0 atom stereocenters. The van der Waals surface area contributed by atoms with Crippen LogP contribution in [0.3, 0.4) is 0 Å². The third kappa shape index (κ3) is 1.58. The molecule has 2 heterocycles. The second kappa shape index (κ2) is 3.22. The molecule has 68 valence electrons. The number of alkyl halides is 1. The second-order valence-corrected chi connectivity index (χ2v) is 2.98. The first-order valence-electron chi connectivity index (χ1n) is 3.80. The quantitative estimate of drug-likeness (QED) is 0.690. The summed E-state index contributed by atoms with van der Waals surface area (Å²) in [5, 5.41) is 7.89. The molecule has 13 heavy (non-hydrogen) atoms. The molecule has 0 aliphatic carbocycles. The molecule has 0 aromatic carbocycles. The molecule has 2 aromatic rings. The first kappa shape index (κ1) is 8.31. The monoisotopic (exact) mass is 197 g/mol. The molecule has 0 spiro atoms. The Hall–Kier alpha value is -1.29. The highest BCUT2D eigenvalue weighted by molar-refractivity contribution is 6.16. The Morgan fingerprint density at radius 2 is 2.46 bits per heavy atom. The summed E-state index contributed by atoms with van der Waals surface area (Å²) in [6, 6.07) is 1.81. The van der Waals surface area contributed by atoms with Crippen molar-refractivity contribution in [3.05, 3.63) is 24.2 Å². The SMILES string of the molecule is Cn1cc(-c2cc(CCl)on2)cn1. The van der Waals surface area contributed by atoms with E-state index in [4.69, 9.17) is 16.1 Å². The highest BCUT2D eigenvalue weighted by Crippen LogP contribution is 2.18. The predicted octanol–water partition coefficient (Wildman–Crippen LogP) is 1.81. The zero-order valence-electron chi connectivity index (χ0n) is 7.07. The van der Waals surface area contributed by atoms with Gasteiger partial charge in [-0.1, -0.05) is 5.16 Å². The lowest BCUT2D eigenvalue weighted by Crippen LogP contribution is -1.84. The van der Waals surface area contributed by atoms with E-state index in [-0.39, 0.29) is 0 Å². The van der Waals surface area contributed by atoms with Crippen LogP contribution in [0.25, 0.3) is 11.3 Å². The maximum Gasteiger partial charge on any atom is 0.152 e. The van der Waals surface area contributed by atoms with Crippen molar-refractivity contribution in [2.24, 2.45) is 7.05 Å². The summed E-state index contributed by atoms with van der Waals surface area (Å²) >= 11 is 5.58. The highest BCUT2D eigenvalue weighted by Gasteiger charge is 2.06. The molecule has 0 saturated heterocycles. The van der Waals surface area contributed by atoms with Gasteiger partial charge in [0.15, 0.2) is 5.76 Å². The summed E-state index contributed by atoms with van der Waals surface area (Å²) in [6.07, 6.45) is 3.60. The van der Waals surface area contributed by atoms with Crippen LogP contribution in [0.2, 0.25) is 0 Å². The van der Waals surface area contributed by atoms with E-state index in [9.17, 15) is 0 Å². The van der Waals surface area contributed by atoms with Crippen LogP contribution in [-0.2, 0) is 12.9 Å².